The maximum absolute atomic E-state index is 12.2. The van der Waals surface area contributed by atoms with Crippen LogP contribution in [0, 0.1) is 0 Å². The maximum Gasteiger partial charge on any atom is 0.234 e. The molecular weight excluding hydrogens is 314 g/mol. The van der Waals surface area contributed by atoms with Gasteiger partial charge in [0.2, 0.25) is 5.91 Å². The average molecular weight is 345 g/mol. The summed E-state index contributed by atoms with van der Waals surface area (Å²) in [4.78, 5) is 16.7. The average Bonchev–Trinajstić information content (AvgIpc) is 2.65. The van der Waals surface area contributed by atoms with Crippen LogP contribution in [0.4, 0.5) is 0 Å². The zero-order valence-corrected chi connectivity index (χ0v) is 15.1. The highest BCUT2D eigenvalue weighted by molar-refractivity contribution is 5.78. The maximum atomic E-state index is 12.2. The molecule has 1 amide bonds. The predicted molar refractivity (Wildman–Crippen MR) is 99.3 cm³/mol. The van der Waals surface area contributed by atoms with E-state index in [0.717, 1.165) is 44.6 Å². The summed E-state index contributed by atoms with van der Waals surface area (Å²) in [7, 11) is 0. The fraction of sp³-hybridized carbons (Fsp3) is 0.650. The lowest BCUT2D eigenvalue weighted by atomic mass is 9.95. The van der Waals surface area contributed by atoms with Crippen LogP contribution in [-0.2, 0) is 4.79 Å². The van der Waals surface area contributed by atoms with E-state index in [1.807, 2.05) is 30.3 Å². The summed E-state index contributed by atoms with van der Waals surface area (Å²) in [6, 6.07) is 10.2. The monoisotopic (exact) mass is 345 g/mol. The number of aliphatic hydroxyl groups excluding tert-OH is 1. The van der Waals surface area contributed by atoms with Crippen molar-refractivity contribution in [3.05, 3.63) is 35.9 Å². The molecule has 2 fully saturated rings. The molecule has 0 aromatic heterocycles. The number of hydrogen-bond donors (Lipinski definition) is 2. The first-order valence-corrected chi connectivity index (χ1v) is 9.68. The molecule has 5 heteroatoms. The Morgan fingerprint density at radius 3 is 2.36 bits per heavy atom. The number of amides is 1. The Hall–Kier alpha value is -1.43. The summed E-state index contributed by atoms with van der Waals surface area (Å²) in [5.41, 5.74) is 0.969. The molecule has 1 aromatic rings. The van der Waals surface area contributed by atoms with Gasteiger partial charge in [0.25, 0.3) is 0 Å². The normalized spacial score (nSPS) is 21.8. The Morgan fingerprint density at radius 1 is 1.04 bits per heavy atom. The third-order valence-electron chi connectivity index (χ3n) is 5.42. The van der Waals surface area contributed by atoms with Gasteiger partial charge >= 0.3 is 0 Å². The molecule has 1 saturated heterocycles. The van der Waals surface area contributed by atoms with Gasteiger partial charge in [0.15, 0.2) is 0 Å². The summed E-state index contributed by atoms with van der Waals surface area (Å²) in [5.74, 6) is 0.171. The standard InChI is InChI=1S/C20H31N3O2/c24-19(17-7-3-1-4-8-17)15-22-11-13-23(14-12-22)16-20(25)21-18-9-5-2-6-10-18/h1,3-4,7-8,18-19,24H,2,5-6,9-16H2,(H,21,25). The van der Waals surface area contributed by atoms with E-state index in [2.05, 4.69) is 15.1 Å². The summed E-state index contributed by atoms with van der Waals surface area (Å²) >= 11 is 0. The molecule has 138 valence electrons. The van der Waals surface area contributed by atoms with E-state index >= 15 is 0 Å². The SMILES string of the molecule is O=C(CN1CCN(CC(O)c2ccccc2)CC1)NC1CCCCC1. The van der Waals surface area contributed by atoms with Crippen molar-refractivity contribution in [1.29, 1.82) is 0 Å². The van der Waals surface area contributed by atoms with Crippen LogP contribution < -0.4 is 5.32 Å². The first-order valence-electron chi connectivity index (χ1n) is 9.68. The van der Waals surface area contributed by atoms with Gasteiger partial charge in [-0.1, -0.05) is 49.6 Å². The fourth-order valence-corrected chi connectivity index (χ4v) is 3.88. The smallest absolute Gasteiger partial charge is 0.234 e. The summed E-state index contributed by atoms with van der Waals surface area (Å²) in [6.45, 7) is 4.75. The molecule has 1 heterocycles. The number of aliphatic hydroxyl groups is 1. The van der Waals surface area contributed by atoms with Crippen molar-refractivity contribution in [2.24, 2.45) is 0 Å². The Morgan fingerprint density at radius 2 is 1.68 bits per heavy atom. The zero-order chi connectivity index (χ0) is 17.5. The topological polar surface area (TPSA) is 55.8 Å². The minimum atomic E-state index is -0.442. The summed E-state index contributed by atoms with van der Waals surface area (Å²) in [5, 5.41) is 13.5. The number of nitrogens with one attached hydrogen (secondary N) is 1. The van der Waals surface area contributed by atoms with Gasteiger partial charge in [-0.25, -0.2) is 0 Å². The van der Waals surface area contributed by atoms with Crippen molar-refractivity contribution in [3.8, 4) is 0 Å². The molecule has 3 rings (SSSR count). The quantitative estimate of drug-likeness (QED) is 0.825. The fourth-order valence-electron chi connectivity index (χ4n) is 3.88. The predicted octanol–water partition coefficient (Wildman–Crippen LogP) is 1.79. The number of β-amino-alcohol motifs (C(OH)–C–C–N with tert-alkyl or cyclic N) is 1. The van der Waals surface area contributed by atoms with Crippen LogP contribution in [0.3, 0.4) is 0 Å². The van der Waals surface area contributed by atoms with E-state index in [1.54, 1.807) is 0 Å². The Balaban J connectivity index is 1.36. The third kappa shape index (κ3) is 5.80. The van der Waals surface area contributed by atoms with Crippen LogP contribution in [0.2, 0.25) is 0 Å². The molecule has 1 unspecified atom stereocenters. The second kappa shape index (κ2) is 9.32. The molecule has 0 spiro atoms. The van der Waals surface area contributed by atoms with Gasteiger partial charge in [0.1, 0.15) is 0 Å². The molecule has 5 nitrogen and oxygen atoms in total. The van der Waals surface area contributed by atoms with E-state index in [0.29, 0.717) is 19.1 Å². The Labute approximate surface area is 151 Å². The molecular formula is C20H31N3O2. The van der Waals surface area contributed by atoms with Crippen molar-refractivity contribution in [3.63, 3.8) is 0 Å². The molecule has 1 aliphatic carbocycles. The van der Waals surface area contributed by atoms with Crippen molar-refractivity contribution < 1.29 is 9.90 Å². The van der Waals surface area contributed by atoms with Crippen molar-refractivity contribution in [1.82, 2.24) is 15.1 Å². The van der Waals surface area contributed by atoms with Gasteiger partial charge in [-0.2, -0.15) is 0 Å². The highest BCUT2D eigenvalue weighted by Crippen LogP contribution is 2.17. The molecule has 2 N–H and O–H groups in total. The van der Waals surface area contributed by atoms with Crippen molar-refractivity contribution >= 4 is 5.91 Å². The Kier molecular flexibility index (Phi) is 6.84. The lowest BCUT2D eigenvalue weighted by Crippen LogP contribution is -2.51. The Bertz CT molecular complexity index is 523. The van der Waals surface area contributed by atoms with E-state index in [1.165, 1.54) is 19.3 Å². The molecule has 1 atom stereocenters. The van der Waals surface area contributed by atoms with Gasteiger partial charge in [-0.05, 0) is 18.4 Å². The highest BCUT2D eigenvalue weighted by Gasteiger charge is 2.22. The number of nitrogens with zero attached hydrogens (tertiary/aromatic N) is 2. The number of benzene rings is 1. The van der Waals surface area contributed by atoms with Crippen LogP contribution >= 0.6 is 0 Å². The first kappa shape index (κ1) is 18.4. The van der Waals surface area contributed by atoms with Crippen LogP contribution in [0.25, 0.3) is 0 Å². The second-order valence-corrected chi connectivity index (χ2v) is 7.41. The zero-order valence-electron chi connectivity index (χ0n) is 15.1. The van der Waals surface area contributed by atoms with E-state index < -0.39 is 6.10 Å². The highest BCUT2D eigenvalue weighted by atomic mass is 16.3. The number of carbonyl (C=O) groups excluding carboxylic acids is 1. The second-order valence-electron chi connectivity index (χ2n) is 7.41. The molecule has 1 aromatic carbocycles. The number of piperazine rings is 1. The molecule has 1 saturated carbocycles. The van der Waals surface area contributed by atoms with Gasteiger partial charge in [0.05, 0.1) is 12.6 Å². The van der Waals surface area contributed by atoms with Crippen molar-refractivity contribution in [2.75, 3.05) is 39.3 Å². The van der Waals surface area contributed by atoms with E-state index in [4.69, 9.17) is 0 Å². The third-order valence-corrected chi connectivity index (χ3v) is 5.42. The molecule has 1 aliphatic heterocycles. The van der Waals surface area contributed by atoms with Crippen LogP contribution in [0.5, 0.6) is 0 Å². The van der Waals surface area contributed by atoms with Crippen molar-refractivity contribution in [2.45, 2.75) is 44.2 Å². The molecule has 0 radical (unpaired) electrons. The molecule has 0 bridgehead atoms. The van der Waals surface area contributed by atoms with Crippen LogP contribution in [0.1, 0.15) is 43.8 Å². The number of carbonyl (C=O) groups is 1. The molecule has 25 heavy (non-hydrogen) atoms. The van der Waals surface area contributed by atoms with Gasteiger partial charge in [-0.3, -0.25) is 14.6 Å². The minimum absolute atomic E-state index is 0.171. The van der Waals surface area contributed by atoms with Gasteiger partial charge in [-0.15, -0.1) is 0 Å². The molecule has 2 aliphatic rings. The lowest BCUT2D eigenvalue weighted by Gasteiger charge is -2.35. The van der Waals surface area contributed by atoms with E-state index in [9.17, 15) is 9.90 Å². The van der Waals surface area contributed by atoms with Crippen LogP contribution in [0.15, 0.2) is 30.3 Å². The first-order chi connectivity index (χ1) is 12.2. The number of rotatable bonds is 6. The van der Waals surface area contributed by atoms with Gasteiger partial charge < -0.3 is 10.4 Å². The summed E-state index contributed by atoms with van der Waals surface area (Å²) in [6.07, 6.45) is 5.62. The van der Waals surface area contributed by atoms with E-state index in [-0.39, 0.29) is 5.91 Å². The summed E-state index contributed by atoms with van der Waals surface area (Å²) < 4.78 is 0. The number of hydrogen-bond acceptors (Lipinski definition) is 4. The van der Waals surface area contributed by atoms with Crippen LogP contribution in [-0.4, -0.2) is 66.1 Å². The minimum Gasteiger partial charge on any atom is -0.387 e. The van der Waals surface area contributed by atoms with Gasteiger partial charge in [0, 0.05) is 38.8 Å². The lowest BCUT2D eigenvalue weighted by molar-refractivity contribution is -0.123. The largest absolute Gasteiger partial charge is 0.387 e.